The van der Waals surface area contributed by atoms with Gasteiger partial charge in [-0.1, -0.05) is 0 Å². The lowest BCUT2D eigenvalue weighted by Gasteiger charge is -2.03. The number of aromatic amines is 2. The van der Waals surface area contributed by atoms with Gasteiger partial charge in [-0.2, -0.15) is 0 Å². The van der Waals surface area contributed by atoms with Gasteiger partial charge in [-0.25, -0.2) is 9.78 Å². The number of carbonyl (C=O) groups is 1. The average molecular weight is 355 g/mol. The summed E-state index contributed by atoms with van der Waals surface area (Å²) in [5.74, 6) is -0.195. The van der Waals surface area contributed by atoms with E-state index in [-0.39, 0.29) is 11.6 Å². The summed E-state index contributed by atoms with van der Waals surface area (Å²) in [6.45, 7) is 0. The molecule has 4 heterocycles. The first kappa shape index (κ1) is 13.5. The molecule has 5 rings (SSSR count). The van der Waals surface area contributed by atoms with Crippen LogP contribution in [0, 0.1) is 0 Å². The molecule has 0 spiro atoms. The molecule has 7 nitrogen and oxygen atoms in total. The average Bonchev–Trinajstić information content (AvgIpc) is 3.25. The van der Waals surface area contributed by atoms with E-state index in [1.807, 2.05) is 22.0 Å². The van der Waals surface area contributed by atoms with Gasteiger partial charge in [-0.05, 0) is 24.3 Å². The number of thiophene rings is 1. The second-order valence-electron chi connectivity index (χ2n) is 5.26. The Morgan fingerprint density at radius 2 is 2.08 bits per heavy atom. The van der Waals surface area contributed by atoms with Gasteiger partial charge in [0, 0.05) is 17.3 Å². The summed E-state index contributed by atoms with van der Waals surface area (Å²) in [5, 5.41) is 4.82. The number of H-pyrrole nitrogens is 2. The van der Waals surface area contributed by atoms with E-state index in [9.17, 15) is 9.59 Å². The van der Waals surface area contributed by atoms with Crippen LogP contribution in [0.1, 0.15) is 9.67 Å². The van der Waals surface area contributed by atoms with Crippen molar-refractivity contribution in [2.24, 2.45) is 0 Å². The molecule has 3 N–H and O–H groups in total. The third kappa shape index (κ3) is 1.99. The van der Waals surface area contributed by atoms with Crippen molar-refractivity contribution in [1.29, 1.82) is 0 Å². The lowest BCUT2D eigenvalue weighted by molar-refractivity contribution is 0.103. The van der Waals surface area contributed by atoms with Gasteiger partial charge in [0.15, 0.2) is 4.96 Å². The fourth-order valence-corrected chi connectivity index (χ4v) is 4.36. The number of benzene rings is 1. The van der Waals surface area contributed by atoms with Crippen LogP contribution in [0.15, 0.2) is 40.6 Å². The summed E-state index contributed by atoms with van der Waals surface area (Å²) in [5.41, 5.74) is 2.64. The Kier molecular flexibility index (Phi) is 2.70. The van der Waals surface area contributed by atoms with E-state index in [2.05, 4.69) is 20.3 Å². The van der Waals surface area contributed by atoms with E-state index in [0.29, 0.717) is 21.6 Å². The number of rotatable bonds is 2. The van der Waals surface area contributed by atoms with Gasteiger partial charge < -0.3 is 15.3 Å². The zero-order valence-electron chi connectivity index (χ0n) is 12.0. The number of hydrogen-bond donors (Lipinski definition) is 3. The first-order valence-electron chi connectivity index (χ1n) is 7.06. The number of nitrogens with one attached hydrogen (secondary N) is 3. The Morgan fingerprint density at radius 1 is 1.21 bits per heavy atom. The molecule has 0 bridgehead atoms. The second kappa shape index (κ2) is 4.79. The van der Waals surface area contributed by atoms with Crippen LogP contribution < -0.4 is 11.0 Å². The molecule has 9 heteroatoms. The maximum Gasteiger partial charge on any atom is 0.323 e. The van der Waals surface area contributed by atoms with Crippen molar-refractivity contribution in [3.8, 4) is 0 Å². The van der Waals surface area contributed by atoms with Gasteiger partial charge in [0.25, 0.3) is 5.91 Å². The van der Waals surface area contributed by atoms with Crippen LogP contribution in [0.25, 0.3) is 26.3 Å². The second-order valence-corrected chi connectivity index (χ2v) is 7.17. The molecule has 0 saturated heterocycles. The number of imidazole rings is 2. The van der Waals surface area contributed by atoms with Crippen molar-refractivity contribution in [3.05, 3.63) is 51.2 Å². The summed E-state index contributed by atoms with van der Waals surface area (Å²) < 4.78 is 1.98. The SMILES string of the molecule is O=C(Nc1ccc2[nH]c(=O)[nH]c2c1)c1cc2c(nc3sccn32)s1. The van der Waals surface area contributed by atoms with E-state index >= 15 is 0 Å². The number of fused-ring (bicyclic) bond motifs is 4. The maximum absolute atomic E-state index is 12.5. The van der Waals surface area contributed by atoms with E-state index in [1.54, 1.807) is 29.5 Å². The van der Waals surface area contributed by atoms with Crippen molar-refractivity contribution in [2.45, 2.75) is 0 Å². The fourth-order valence-electron chi connectivity index (χ4n) is 2.66. The number of aromatic nitrogens is 4. The molecule has 24 heavy (non-hydrogen) atoms. The van der Waals surface area contributed by atoms with E-state index in [0.717, 1.165) is 15.3 Å². The lowest BCUT2D eigenvalue weighted by atomic mass is 10.2. The Labute approximate surface area is 141 Å². The normalized spacial score (nSPS) is 11.7. The highest BCUT2D eigenvalue weighted by Crippen LogP contribution is 2.28. The first-order chi connectivity index (χ1) is 11.7. The standard InChI is InChI=1S/C15H9N5O2S2/c21-12(16-7-1-2-8-9(5-7)18-14(22)17-8)11-6-10-13(24-11)19-15-20(10)3-4-23-15/h1-6H,(H,16,21)(H2,17,18,22). The molecule has 0 aliphatic rings. The largest absolute Gasteiger partial charge is 0.323 e. The highest BCUT2D eigenvalue weighted by molar-refractivity contribution is 7.21. The van der Waals surface area contributed by atoms with Crippen LogP contribution in [-0.4, -0.2) is 25.3 Å². The van der Waals surface area contributed by atoms with Gasteiger partial charge in [0.05, 0.1) is 21.4 Å². The highest BCUT2D eigenvalue weighted by Gasteiger charge is 2.15. The molecule has 0 saturated carbocycles. The highest BCUT2D eigenvalue weighted by atomic mass is 32.1. The summed E-state index contributed by atoms with van der Waals surface area (Å²) in [6, 6.07) is 7.07. The minimum Gasteiger partial charge on any atom is -0.321 e. The minimum absolute atomic E-state index is 0.195. The summed E-state index contributed by atoms with van der Waals surface area (Å²) in [7, 11) is 0. The van der Waals surface area contributed by atoms with Crippen LogP contribution in [0.3, 0.4) is 0 Å². The van der Waals surface area contributed by atoms with Gasteiger partial charge >= 0.3 is 5.69 Å². The molecule has 0 aliphatic heterocycles. The maximum atomic E-state index is 12.5. The summed E-state index contributed by atoms with van der Waals surface area (Å²) in [4.78, 5) is 36.0. The molecule has 5 aromatic rings. The molecular formula is C15H9N5O2S2. The molecule has 0 unspecified atom stereocenters. The lowest BCUT2D eigenvalue weighted by Crippen LogP contribution is -2.09. The zero-order valence-corrected chi connectivity index (χ0v) is 13.6. The van der Waals surface area contributed by atoms with Crippen LogP contribution in [0.5, 0.6) is 0 Å². The number of nitrogens with zero attached hydrogens (tertiary/aromatic N) is 2. The molecule has 1 aromatic carbocycles. The number of thiazole rings is 1. The minimum atomic E-state index is -0.270. The Balaban J connectivity index is 1.49. The summed E-state index contributed by atoms with van der Waals surface area (Å²) >= 11 is 2.93. The summed E-state index contributed by atoms with van der Waals surface area (Å²) in [6.07, 6.45) is 1.94. The van der Waals surface area contributed by atoms with Crippen molar-refractivity contribution < 1.29 is 4.79 Å². The predicted octanol–water partition coefficient (Wildman–Crippen LogP) is 3.03. The van der Waals surface area contributed by atoms with Gasteiger partial charge in [0.1, 0.15) is 4.83 Å². The third-order valence-corrected chi connectivity index (χ3v) is 5.51. The van der Waals surface area contributed by atoms with Crippen LogP contribution in [0.2, 0.25) is 0 Å². The number of anilines is 1. The van der Waals surface area contributed by atoms with Crippen molar-refractivity contribution in [1.82, 2.24) is 19.4 Å². The van der Waals surface area contributed by atoms with Gasteiger partial charge in [0.2, 0.25) is 0 Å². The number of amides is 1. The number of carbonyl (C=O) groups excluding carboxylic acids is 1. The van der Waals surface area contributed by atoms with Crippen LogP contribution in [-0.2, 0) is 0 Å². The van der Waals surface area contributed by atoms with Gasteiger partial charge in [-0.15, -0.1) is 22.7 Å². The molecule has 1 amide bonds. The Bertz CT molecular complexity index is 1290. The molecule has 118 valence electrons. The quantitative estimate of drug-likeness (QED) is 0.454. The predicted molar refractivity (Wildman–Crippen MR) is 95.3 cm³/mol. The molecule has 4 aromatic heterocycles. The van der Waals surface area contributed by atoms with Crippen LogP contribution in [0.4, 0.5) is 5.69 Å². The van der Waals surface area contributed by atoms with E-state index < -0.39 is 0 Å². The molecule has 0 fully saturated rings. The first-order valence-corrected chi connectivity index (χ1v) is 8.75. The van der Waals surface area contributed by atoms with Crippen molar-refractivity contribution in [2.75, 3.05) is 5.32 Å². The molecular weight excluding hydrogens is 346 g/mol. The van der Waals surface area contributed by atoms with E-state index in [1.165, 1.54) is 11.3 Å². The molecule has 0 radical (unpaired) electrons. The monoisotopic (exact) mass is 355 g/mol. The zero-order chi connectivity index (χ0) is 16.3. The van der Waals surface area contributed by atoms with Crippen LogP contribution >= 0.6 is 22.7 Å². The van der Waals surface area contributed by atoms with Crippen molar-refractivity contribution in [3.63, 3.8) is 0 Å². The topological polar surface area (TPSA) is 95.0 Å². The smallest absolute Gasteiger partial charge is 0.321 e. The molecule has 0 aliphatic carbocycles. The Morgan fingerprint density at radius 3 is 3.00 bits per heavy atom. The van der Waals surface area contributed by atoms with E-state index in [4.69, 9.17) is 0 Å². The number of hydrogen-bond acceptors (Lipinski definition) is 5. The van der Waals surface area contributed by atoms with Crippen molar-refractivity contribution >= 4 is 60.6 Å². The third-order valence-electron chi connectivity index (χ3n) is 3.74. The molecule has 0 atom stereocenters. The Hall–Kier alpha value is -2.91. The van der Waals surface area contributed by atoms with Gasteiger partial charge in [-0.3, -0.25) is 9.20 Å². The fraction of sp³-hybridized carbons (Fsp3) is 0.